The molecule has 0 bridgehead atoms. The first-order chi connectivity index (χ1) is 12.2. The molecule has 1 aliphatic rings. The fourth-order valence-corrected chi connectivity index (χ4v) is 2.93. The molecule has 0 radical (unpaired) electrons. The third kappa shape index (κ3) is 5.85. The third-order valence-electron chi connectivity index (χ3n) is 4.25. The predicted molar refractivity (Wildman–Crippen MR) is 100 cm³/mol. The predicted octanol–water partition coefficient (Wildman–Crippen LogP) is 2.14. The van der Waals surface area contributed by atoms with Crippen LogP contribution in [-0.4, -0.2) is 48.3 Å². The molecule has 1 amide bonds. The van der Waals surface area contributed by atoms with Crippen molar-refractivity contribution in [1.29, 1.82) is 0 Å². The number of hydrogen-bond acceptors (Lipinski definition) is 5. The average Bonchev–Trinajstić information content (AvgIpc) is 3.18. The largest absolute Gasteiger partial charge is 0.467 e. The Kier molecular flexibility index (Phi) is 8.12. The summed E-state index contributed by atoms with van der Waals surface area (Å²) in [4.78, 5) is 14.5. The first-order valence-electron chi connectivity index (χ1n) is 8.56. The Bertz CT molecular complexity index is 645. The minimum absolute atomic E-state index is 0. The number of nitrogens with zero attached hydrogens (tertiary/aromatic N) is 1. The van der Waals surface area contributed by atoms with Crippen molar-refractivity contribution in [2.45, 2.75) is 25.1 Å². The van der Waals surface area contributed by atoms with E-state index in [2.05, 4.69) is 5.32 Å². The van der Waals surface area contributed by atoms with Gasteiger partial charge in [-0.1, -0.05) is 30.3 Å². The summed E-state index contributed by atoms with van der Waals surface area (Å²) in [6.07, 6.45) is 1.02. The van der Waals surface area contributed by atoms with E-state index >= 15 is 0 Å². The van der Waals surface area contributed by atoms with Crippen molar-refractivity contribution in [3.05, 3.63) is 60.1 Å². The monoisotopic (exact) mass is 380 g/mol. The van der Waals surface area contributed by atoms with Crippen LogP contribution in [0.1, 0.15) is 23.8 Å². The van der Waals surface area contributed by atoms with Crippen molar-refractivity contribution in [3.8, 4) is 0 Å². The molecule has 2 unspecified atom stereocenters. The summed E-state index contributed by atoms with van der Waals surface area (Å²) < 4.78 is 10.7. The van der Waals surface area contributed by atoms with Crippen molar-refractivity contribution in [1.82, 2.24) is 10.2 Å². The second-order valence-electron chi connectivity index (χ2n) is 6.22. The topological polar surface area (TPSA) is 74.9 Å². The SMILES string of the molecule is Cl.O=C(CC1COCCN1)N(Cc1ccccc1)CC(O)c1ccco1. The van der Waals surface area contributed by atoms with E-state index in [1.165, 1.54) is 6.26 Å². The minimum atomic E-state index is -0.849. The van der Waals surface area contributed by atoms with Crippen molar-refractivity contribution >= 4 is 18.3 Å². The number of furan rings is 1. The van der Waals surface area contributed by atoms with Gasteiger partial charge in [-0.25, -0.2) is 0 Å². The molecule has 1 saturated heterocycles. The van der Waals surface area contributed by atoms with Gasteiger partial charge in [0, 0.05) is 25.6 Å². The highest BCUT2D eigenvalue weighted by Crippen LogP contribution is 2.17. The lowest BCUT2D eigenvalue weighted by Crippen LogP contribution is -2.45. The normalized spacial score (nSPS) is 18.0. The average molecular weight is 381 g/mol. The summed E-state index contributed by atoms with van der Waals surface area (Å²) in [5.41, 5.74) is 1.02. The van der Waals surface area contributed by atoms with Gasteiger partial charge in [-0.05, 0) is 17.7 Å². The highest BCUT2D eigenvalue weighted by atomic mass is 35.5. The maximum atomic E-state index is 12.8. The van der Waals surface area contributed by atoms with Gasteiger partial charge in [-0.15, -0.1) is 12.4 Å². The zero-order valence-corrected chi connectivity index (χ0v) is 15.4. The van der Waals surface area contributed by atoms with E-state index in [-0.39, 0.29) is 30.9 Å². The molecular weight excluding hydrogens is 356 g/mol. The lowest BCUT2D eigenvalue weighted by Gasteiger charge is -2.29. The Morgan fingerprint density at radius 2 is 2.08 bits per heavy atom. The summed E-state index contributed by atoms with van der Waals surface area (Å²) in [7, 11) is 0. The van der Waals surface area contributed by atoms with E-state index < -0.39 is 6.10 Å². The van der Waals surface area contributed by atoms with Gasteiger partial charge in [0.2, 0.25) is 5.91 Å². The van der Waals surface area contributed by atoms with Gasteiger partial charge in [0.1, 0.15) is 11.9 Å². The fraction of sp³-hybridized carbons (Fsp3) is 0.421. The van der Waals surface area contributed by atoms with Crippen LogP contribution in [-0.2, 0) is 16.1 Å². The van der Waals surface area contributed by atoms with Crippen molar-refractivity contribution < 1.29 is 19.1 Å². The first kappa shape index (κ1) is 20.5. The molecule has 0 spiro atoms. The van der Waals surface area contributed by atoms with Crippen LogP contribution >= 0.6 is 12.4 Å². The summed E-state index contributed by atoms with van der Waals surface area (Å²) >= 11 is 0. The summed E-state index contributed by atoms with van der Waals surface area (Å²) in [5.74, 6) is 0.447. The van der Waals surface area contributed by atoms with E-state index in [1.807, 2.05) is 30.3 Å². The lowest BCUT2D eigenvalue weighted by molar-refractivity contribution is -0.134. The number of ether oxygens (including phenoxy) is 1. The number of hydrogen-bond donors (Lipinski definition) is 2. The summed E-state index contributed by atoms with van der Waals surface area (Å²) in [6, 6.07) is 13.2. The number of halogens is 1. The summed E-state index contributed by atoms with van der Waals surface area (Å²) in [6.45, 7) is 2.60. The van der Waals surface area contributed by atoms with Gasteiger partial charge in [-0.3, -0.25) is 4.79 Å². The maximum Gasteiger partial charge on any atom is 0.224 e. The van der Waals surface area contributed by atoms with Crippen molar-refractivity contribution in [2.75, 3.05) is 26.3 Å². The number of nitrogens with one attached hydrogen (secondary N) is 1. The molecular formula is C19H25ClN2O4. The first-order valence-corrected chi connectivity index (χ1v) is 8.56. The number of aliphatic hydroxyl groups excluding tert-OH is 1. The van der Waals surface area contributed by atoms with Crippen LogP contribution in [0.4, 0.5) is 0 Å². The van der Waals surface area contributed by atoms with Crippen LogP contribution in [0.25, 0.3) is 0 Å². The zero-order chi connectivity index (χ0) is 17.5. The number of carbonyl (C=O) groups excluding carboxylic acids is 1. The van der Waals surface area contributed by atoms with Gasteiger partial charge in [0.15, 0.2) is 0 Å². The van der Waals surface area contributed by atoms with E-state index in [4.69, 9.17) is 9.15 Å². The molecule has 7 heteroatoms. The van der Waals surface area contributed by atoms with Crippen LogP contribution in [0.15, 0.2) is 53.1 Å². The molecule has 0 saturated carbocycles. The molecule has 1 aliphatic heterocycles. The van der Waals surface area contributed by atoms with E-state index in [9.17, 15) is 9.90 Å². The van der Waals surface area contributed by atoms with Crippen molar-refractivity contribution in [2.24, 2.45) is 0 Å². The number of benzene rings is 1. The molecule has 1 aromatic carbocycles. The highest BCUT2D eigenvalue weighted by molar-refractivity contribution is 5.85. The number of rotatable bonds is 7. The molecule has 2 heterocycles. The highest BCUT2D eigenvalue weighted by Gasteiger charge is 2.24. The van der Waals surface area contributed by atoms with Crippen LogP contribution in [0.3, 0.4) is 0 Å². The number of carbonyl (C=O) groups is 1. The second kappa shape index (κ2) is 10.3. The molecule has 142 valence electrons. The van der Waals surface area contributed by atoms with E-state index in [1.54, 1.807) is 17.0 Å². The summed E-state index contributed by atoms with van der Waals surface area (Å²) in [5, 5.41) is 13.7. The van der Waals surface area contributed by atoms with Crippen LogP contribution in [0.5, 0.6) is 0 Å². The third-order valence-corrected chi connectivity index (χ3v) is 4.25. The molecule has 6 nitrogen and oxygen atoms in total. The minimum Gasteiger partial charge on any atom is -0.467 e. The molecule has 26 heavy (non-hydrogen) atoms. The fourth-order valence-electron chi connectivity index (χ4n) is 2.93. The molecule has 1 aromatic heterocycles. The van der Waals surface area contributed by atoms with Gasteiger partial charge < -0.3 is 24.5 Å². The Morgan fingerprint density at radius 1 is 1.27 bits per heavy atom. The van der Waals surface area contributed by atoms with Gasteiger partial charge >= 0.3 is 0 Å². The maximum absolute atomic E-state index is 12.8. The zero-order valence-electron chi connectivity index (χ0n) is 14.5. The number of aliphatic hydroxyl groups is 1. The van der Waals surface area contributed by atoms with Gasteiger partial charge in [0.25, 0.3) is 0 Å². The molecule has 2 atom stereocenters. The molecule has 2 aromatic rings. The van der Waals surface area contributed by atoms with Crippen molar-refractivity contribution in [3.63, 3.8) is 0 Å². The van der Waals surface area contributed by atoms with Crippen LogP contribution in [0.2, 0.25) is 0 Å². The lowest BCUT2D eigenvalue weighted by atomic mass is 10.1. The second-order valence-corrected chi connectivity index (χ2v) is 6.22. The van der Waals surface area contributed by atoms with Gasteiger partial charge in [0.05, 0.1) is 26.0 Å². The van der Waals surface area contributed by atoms with E-state index in [0.717, 1.165) is 12.1 Å². The Hall–Kier alpha value is -1.86. The van der Waals surface area contributed by atoms with E-state index in [0.29, 0.717) is 31.9 Å². The number of amides is 1. The quantitative estimate of drug-likeness (QED) is 0.769. The van der Waals surface area contributed by atoms with Gasteiger partial charge in [-0.2, -0.15) is 0 Å². The molecule has 0 aliphatic carbocycles. The smallest absolute Gasteiger partial charge is 0.224 e. The molecule has 2 N–H and O–H groups in total. The van der Waals surface area contributed by atoms with Crippen LogP contribution < -0.4 is 5.32 Å². The molecule has 1 fully saturated rings. The molecule has 3 rings (SSSR count). The number of morpholine rings is 1. The Labute approximate surface area is 159 Å². The Balaban J connectivity index is 0.00000243. The standard InChI is InChI=1S/C19H24N2O4.ClH/c22-17(18-7-4-9-25-18)13-21(12-15-5-2-1-3-6-15)19(23)11-16-14-24-10-8-20-16;/h1-7,9,16-17,20,22H,8,10-14H2;1H. The Morgan fingerprint density at radius 3 is 2.73 bits per heavy atom. The van der Waals surface area contributed by atoms with Crippen LogP contribution in [0, 0.1) is 0 Å².